The van der Waals surface area contributed by atoms with Crippen LogP contribution in [-0.2, 0) is 11.2 Å². The van der Waals surface area contributed by atoms with Crippen molar-refractivity contribution in [1.82, 2.24) is 4.98 Å². The predicted molar refractivity (Wildman–Crippen MR) is 78.9 cm³/mol. The van der Waals surface area contributed by atoms with Crippen LogP contribution in [0.25, 0.3) is 10.6 Å². The van der Waals surface area contributed by atoms with Gasteiger partial charge >= 0.3 is 5.97 Å². The number of nitrogens with zero attached hydrogens (tertiary/aromatic N) is 1. The number of benzene rings is 1. The van der Waals surface area contributed by atoms with Crippen molar-refractivity contribution in [3.63, 3.8) is 0 Å². The second kappa shape index (κ2) is 7.17. The molecule has 0 amide bonds. The topological polar surface area (TPSA) is 59.4 Å². The highest BCUT2D eigenvalue weighted by molar-refractivity contribution is 7.15. The van der Waals surface area contributed by atoms with Crippen molar-refractivity contribution in [2.45, 2.75) is 19.8 Å². The largest absolute Gasteiger partial charge is 0.461 e. The van der Waals surface area contributed by atoms with E-state index in [0.717, 1.165) is 15.4 Å². The van der Waals surface area contributed by atoms with Crippen molar-refractivity contribution in [2.24, 2.45) is 0 Å². The molecule has 4 nitrogen and oxygen atoms in total. The molecule has 0 fully saturated rings. The standard InChI is InChI=1S/C15H17NO3S/c1-2-19-15(18)13-12(9-6-10-17)20-14(16-13)11-7-4-3-5-8-11/h3-5,7-8,17H,2,6,9-10H2,1H3. The Morgan fingerprint density at radius 3 is 2.75 bits per heavy atom. The van der Waals surface area contributed by atoms with Gasteiger partial charge in [-0.05, 0) is 19.8 Å². The lowest BCUT2D eigenvalue weighted by molar-refractivity contribution is 0.0519. The quantitative estimate of drug-likeness (QED) is 0.831. The van der Waals surface area contributed by atoms with Crippen LogP contribution < -0.4 is 0 Å². The molecule has 2 rings (SSSR count). The summed E-state index contributed by atoms with van der Waals surface area (Å²) in [6, 6.07) is 9.74. The van der Waals surface area contributed by atoms with E-state index >= 15 is 0 Å². The van der Waals surface area contributed by atoms with Crippen molar-refractivity contribution < 1.29 is 14.6 Å². The van der Waals surface area contributed by atoms with Crippen LogP contribution in [0.2, 0.25) is 0 Å². The molecule has 0 saturated carbocycles. The van der Waals surface area contributed by atoms with Gasteiger partial charge in [-0.3, -0.25) is 0 Å². The Balaban J connectivity index is 2.33. The number of esters is 1. The second-order valence-corrected chi connectivity index (χ2v) is 5.29. The number of aryl methyl sites for hydroxylation is 1. The van der Waals surface area contributed by atoms with Gasteiger partial charge in [0.25, 0.3) is 0 Å². The minimum absolute atomic E-state index is 0.0981. The first-order chi connectivity index (χ1) is 9.76. The number of thiazole rings is 1. The summed E-state index contributed by atoms with van der Waals surface area (Å²) in [4.78, 5) is 17.2. The van der Waals surface area contributed by atoms with Gasteiger partial charge in [-0.2, -0.15) is 0 Å². The smallest absolute Gasteiger partial charge is 0.358 e. The number of aliphatic hydroxyl groups is 1. The third-order valence-corrected chi connectivity index (χ3v) is 3.91. The van der Waals surface area contributed by atoms with Gasteiger partial charge in [0, 0.05) is 17.0 Å². The van der Waals surface area contributed by atoms with E-state index < -0.39 is 0 Å². The van der Waals surface area contributed by atoms with Gasteiger partial charge in [0.2, 0.25) is 0 Å². The number of rotatable bonds is 6. The molecule has 106 valence electrons. The molecule has 1 aromatic heterocycles. The van der Waals surface area contributed by atoms with Crippen LogP contribution >= 0.6 is 11.3 Å². The molecule has 2 aromatic rings. The first-order valence-corrected chi connectivity index (χ1v) is 7.41. The highest BCUT2D eigenvalue weighted by atomic mass is 32.1. The third-order valence-electron chi connectivity index (χ3n) is 2.75. The average Bonchev–Trinajstić information content (AvgIpc) is 2.90. The molecule has 20 heavy (non-hydrogen) atoms. The third kappa shape index (κ3) is 3.43. The fourth-order valence-electron chi connectivity index (χ4n) is 1.82. The van der Waals surface area contributed by atoms with Crippen molar-refractivity contribution >= 4 is 17.3 Å². The van der Waals surface area contributed by atoms with Gasteiger partial charge in [-0.25, -0.2) is 9.78 Å². The number of aliphatic hydroxyl groups excluding tert-OH is 1. The Morgan fingerprint density at radius 2 is 2.10 bits per heavy atom. The molecular formula is C15H17NO3S. The van der Waals surface area contributed by atoms with Gasteiger partial charge in [-0.15, -0.1) is 11.3 Å². The van der Waals surface area contributed by atoms with E-state index in [2.05, 4.69) is 4.98 Å². The maximum Gasteiger partial charge on any atom is 0.358 e. The first-order valence-electron chi connectivity index (χ1n) is 6.59. The summed E-state index contributed by atoms with van der Waals surface area (Å²) in [5.74, 6) is -0.390. The fourth-order valence-corrected chi connectivity index (χ4v) is 2.92. The molecule has 1 aromatic carbocycles. The van der Waals surface area contributed by atoms with Crippen LogP contribution in [0.1, 0.15) is 28.7 Å². The van der Waals surface area contributed by atoms with Crippen molar-refractivity contribution in [1.29, 1.82) is 0 Å². The molecule has 0 bridgehead atoms. The Kier molecular flexibility index (Phi) is 5.26. The van der Waals surface area contributed by atoms with Gasteiger partial charge in [0.05, 0.1) is 6.61 Å². The molecule has 0 aliphatic heterocycles. The van der Waals surface area contributed by atoms with E-state index in [-0.39, 0.29) is 12.6 Å². The Morgan fingerprint density at radius 1 is 1.35 bits per heavy atom. The second-order valence-electron chi connectivity index (χ2n) is 4.20. The first kappa shape index (κ1) is 14.7. The molecule has 1 heterocycles. The van der Waals surface area contributed by atoms with Crippen molar-refractivity contribution in [3.05, 3.63) is 40.9 Å². The number of carbonyl (C=O) groups is 1. The van der Waals surface area contributed by atoms with Gasteiger partial charge < -0.3 is 9.84 Å². The molecule has 0 radical (unpaired) electrons. The van der Waals surface area contributed by atoms with E-state index in [4.69, 9.17) is 9.84 Å². The van der Waals surface area contributed by atoms with E-state index in [1.54, 1.807) is 6.92 Å². The molecule has 0 unspecified atom stereocenters. The summed E-state index contributed by atoms with van der Waals surface area (Å²) in [7, 11) is 0. The summed E-state index contributed by atoms with van der Waals surface area (Å²) in [5, 5.41) is 9.76. The maximum atomic E-state index is 11.9. The van der Waals surface area contributed by atoms with Gasteiger partial charge in [0.1, 0.15) is 5.01 Å². The van der Waals surface area contributed by atoms with Crippen LogP contribution in [0.15, 0.2) is 30.3 Å². The summed E-state index contributed by atoms with van der Waals surface area (Å²) < 4.78 is 5.04. The van der Waals surface area contributed by atoms with Gasteiger partial charge in [0.15, 0.2) is 5.69 Å². The number of hydrogen-bond acceptors (Lipinski definition) is 5. The van der Waals surface area contributed by atoms with Crippen LogP contribution in [-0.4, -0.2) is 29.3 Å². The number of aromatic nitrogens is 1. The molecule has 0 aliphatic rings. The molecule has 1 N–H and O–H groups in total. The lowest BCUT2D eigenvalue weighted by Gasteiger charge is -2.00. The van der Waals surface area contributed by atoms with Gasteiger partial charge in [-0.1, -0.05) is 30.3 Å². The van der Waals surface area contributed by atoms with Crippen LogP contribution in [0.3, 0.4) is 0 Å². The van der Waals surface area contributed by atoms with Crippen LogP contribution in [0, 0.1) is 0 Å². The summed E-state index contributed by atoms with van der Waals surface area (Å²) in [5.41, 5.74) is 1.36. The normalized spacial score (nSPS) is 10.5. The number of ether oxygens (including phenoxy) is 1. The monoisotopic (exact) mass is 291 g/mol. The highest BCUT2D eigenvalue weighted by Crippen LogP contribution is 2.29. The van der Waals surface area contributed by atoms with E-state index in [1.165, 1.54) is 11.3 Å². The van der Waals surface area contributed by atoms with E-state index in [1.807, 2.05) is 30.3 Å². The zero-order chi connectivity index (χ0) is 14.4. The number of carbonyl (C=O) groups excluding carboxylic acids is 1. The average molecular weight is 291 g/mol. The van der Waals surface area contributed by atoms with Crippen LogP contribution in [0.5, 0.6) is 0 Å². The fraction of sp³-hybridized carbons (Fsp3) is 0.333. The van der Waals surface area contributed by atoms with Crippen molar-refractivity contribution in [2.75, 3.05) is 13.2 Å². The molecule has 5 heteroatoms. The minimum Gasteiger partial charge on any atom is -0.461 e. The number of hydrogen-bond donors (Lipinski definition) is 1. The van der Waals surface area contributed by atoms with Crippen LogP contribution in [0.4, 0.5) is 0 Å². The van der Waals surface area contributed by atoms with E-state index in [0.29, 0.717) is 25.1 Å². The molecule has 0 aliphatic carbocycles. The zero-order valence-corrected chi connectivity index (χ0v) is 12.2. The Bertz CT molecular complexity index is 566. The molecular weight excluding hydrogens is 274 g/mol. The Labute approximate surface area is 122 Å². The lowest BCUT2D eigenvalue weighted by Crippen LogP contribution is -2.08. The maximum absolute atomic E-state index is 11.9. The summed E-state index contributed by atoms with van der Waals surface area (Å²) >= 11 is 1.48. The summed E-state index contributed by atoms with van der Waals surface area (Å²) in [6.45, 7) is 2.20. The van der Waals surface area contributed by atoms with Crippen molar-refractivity contribution in [3.8, 4) is 10.6 Å². The minimum atomic E-state index is -0.390. The summed E-state index contributed by atoms with van der Waals surface area (Å²) in [6.07, 6.45) is 1.25. The molecule has 0 atom stereocenters. The highest BCUT2D eigenvalue weighted by Gasteiger charge is 2.19. The molecule has 0 saturated heterocycles. The molecule has 0 spiro atoms. The Hall–Kier alpha value is -1.72. The van der Waals surface area contributed by atoms with E-state index in [9.17, 15) is 4.79 Å². The lowest BCUT2D eigenvalue weighted by atomic mass is 10.2. The SMILES string of the molecule is CCOC(=O)c1nc(-c2ccccc2)sc1CCCO. The zero-order valence-electron chi connectivity index (χ0n) is 11.3. The predicted octanol–water partition coefficient (Wildman–Crippen LogP) is 2.91.